The molecule has 0 aliphatic carbocycles. The molecular formula is C22H34N6O2. The van der Waals surface area contributed by atoms with Crippen LogP contribution in [0.4, 0.5) is 0 Å². The summed E-state index contributed by atoms with van der Waals surface area (Å²) in [6, 6.07) is 0. The molecule has 164 valence electrons. The van der Waals surface area contributed by atoms with Gasteiger partial charge in [0.2, 0.25) is 11.8 Å². The van der Waals surface area contributed by atoms with Gasteiger partial charge in [0.25, 0.3) is 0 Å². The Kier molecular flexibility index (Phi) is 11.0. The lowest BCUT2D eigenvalue weighted by molar-refractivity contribution is -0.123. The largest absolute Gasteiger partial charge is 0.344 e. The first kappa shape index (κ1) is 23.9. The summed E-state index contributed by atoms with van der Waals surface area (Å²) >= 11 is 0. The molecule has 0 atom stereocenters. The zero-order valence-corrected chi connectivity index (χ0v) is 17.8. The summed E-state index contributed by atoms with van der Waals surface area (Å²) < 4.78 is 0. The Morgan fingerprint density at radius 3 is 1.33 bits per heavy atom. The number of hydrogen-bond donors (Lipinski definition) is 2. The van der Waals surface area contributed by atoms with Gasteiger partial charge in [0.05, 0.1) is 26.2 Å². The molecule has 8 heteroatoms. The van der Waals surface area contributed by atoms with Crippen LogP contribution in [-0.2, 0) is 9.59 Å². The third-order valence-electron chi connectivity index (χ3n) is 5.33. The average Bonchev–Trinajstić information content (AvgIpc) is 2.76. The minimum Gasteiger partial charge on any atom is -0.344 e. The maximum Gasteiger partial charge on any atom is 0.234 e. The number of terminal acetylenes is 2. The van der Waals surface area contributed by atoms with E-state index >= 15 is 0 Å². The van der Waals surface area contributed by atoms with Gasteiger partial charge in [-0.2, -0.15) is 0 Å². The molecule has 2 heterocycles. The van der Waals surface area contributed by atoms with Crippen LogP contribution in [0.3, 0.4) is 0 Å². The third kappa shape index (κ3) is 9.43. The lowest BCUT2D eigenvalue weighted by Crippen LogP contribution is -2.49. The predicted molar refractivity (Wildman–Crippen MR) is 119 cm³/mol. The van der Waals surface area contributed by atoms with Crippen molar-refractivity contribution in [2.24, 2.45) is 0 Å². The van der Waals surface area contributed by atoms with Crippen molar-refractivity contribution in [3.8, 4) is 24.7 Å². The first-order valence-corrected chi connectivity index (χ1v) is 10.6. The van der Waals surface area contributed by atoms with Crippen LogP contribution in [0.1, 0.15) is 0 Å². The molecule has 0 bridgehead atoms. The quantitative estimate of drug-likeness (QED) is 0.327. The molecule has 30 heavy (non-hydrogen) atoms. The van der Waals surface area contributed by atoms with Crippen molar-refractivity contribution in [2.45, 2.75) is 0 Å². The highest BCUT2D eigenvalue weighted by Gasteiger charge is 2.19. The molecule has 0 aromatic rings. The second kappa shape index (κ2) is 13.8. The molecule has 0 unspecified atom stereocenters. The van der Waals surface area contributed by atoms with E-state index in [-0.39, 0.29) is 11.8 Å². The SMILES string of the molecule is C#CCNC(=O)CN1CCN(C/C=C/CN2CCN(CC(=O)NCC#C)CC2)CC1. The van der Waals surface area contributed by atoms with E-state index in [9.17, 15) is 9.59 Å². The minimum atomic E-state index is -0.00501. The second-order valence-corrected chi connectivity index (χ2v) is 7.59. The maximum absolute atomic E-state index is 11.7. The summed E-state index contributed by atoms with van der Waals surface area (Å²) in [5, 5.41) is 5.42. The van der Waals surface area contributed by atoms with Gasteiger partial charge < -0.3 is 10.6 Å². The smallest absolute Gasteiger partial charge is 0.234 e. The molecule has 0 aromatic heterocycles. The molecule has 0 saturated carbocycles. The molecule has 2 amide bonds. The van der Waals surface area contributed by atoms with Gasteiger partial charge in [0.15, 0.2) is 0 Å². The number of rotatable bonds is 10. The molecule has 2 aliphatic heterocycles. The normalized spacial score (nSPS) is 19.3. The van der Waals surface area contributed by atoms with Gasteiger partial charge in [-0.1, -0.05) is 24.0 Å². The summed E-state index contributed by atoms with van der Waals surface area (Å²) in [6.07, 6.45) is 14.8. The predicted octanol–water partition coefficient (Wildman–Crippen LogP) is -1.72. The Hall–Kier alpha value is -2.36. The summed E-state index contributed by atoms with van der Waals surface area (Å²) in [4.78, 5) is 32.6. The minimum absolute atomic E-state index is 0.00501. The summed E-state index contributed by atoms with van der Waals surface area (Å²) in [7, 11) is 0. The van der Waals surface area contributed by atoms with Crippen molar-refractivity contribution in [1.29, 1.82) is 0 Å². The molecule has 0 aromatic carbocycles. The van der Waals surface area contributed by atoms with Gasteiger partial charge in [0.1, 0.15) is 0 Å². The van der Waals surface area contributed by atoms with E-state index in [4.69, 9.17) is 12.8 Å². The summed E-state index contributed by atoms with van der Waals surface area (Å²) in [5.41, 5.74) is 0. The van der Waals surface area contributed by atoms with Gasteiger partial charge in [-0.25, -0.2) is 0 Å². The zero-order chi connectivity index (χ0) is 21.6. The fourth-order valence-corrected chi connectivity index (χ4v) is 3.52. The van der Waals surface area contributed by atoms with Crippen molar-refractivity contribution in [3.63, 3.8) is 0 Å². The lowest BCUT2D eigenvalue weighted by atomic mass is 10.3. The molecule has 2 aliphatic rings. The fourth-order valence-electron chi connectivity index (χ4n) is 3.52. The molecule has 2 saturated heterocycles. The van der Waals surface area contributed by atoms with Crippen LogP contribution >= 0.6 is 0 Å². The number of nitrogens with one attached hydrogen (secondary N) is 2. The number of piperazine rings is 2. The van der Waals surface area contributed by atoms with Crippen LogP contribution in [-0.4, -0.2) is 123 Å². The van der Waals surface area contributed by atoms with E-state index in [0.29, 0.717) is 26.2 Å². The first-order chi connectivity index (χ1) is 14.6. The van der Waals surface area contributed by atoms with Gasteiger partial charge >= 0.3 is 0 Å². The van der Waals surface area contributed by atoms with Crippen LogP contribution in [0, 0.1) is 24.7 Å². The fraction of sp³-hybridized carbons (Fsp3) is 0.636. The molecule has 0 radical (unpaired) electrons. The van der Waals surface area contributed by atoms with Crippen molar-refractivity contribution in [3.05, 3.63) is 12.2 Å². The van der Waals surface area contributed by atoms with E-state index in [1.54, 1.807) is 0 Å². The van der Waals surface area contributed by atoms with E-state index in [1.165, 1.54) is 0 Å². The number of carbonyl (C=O) groups is 2. The van der Waals surface area contributed by atoms with Crippen LogP contribution in [0.2, 0.25) is 0 Å². The third-order valence-corrected chi connectivity index (χ3v) is 5.33. The highest BCUT2D eigenvalue weighted by molar-refractivity contribution is 5.78. The Balaban J connectivity index is 1.53. The number of carbonyl (C=O) groups excluding carboxylic acids is 2. The van der Waals surface area contributed by atoms with Crippen molar-refractivity contribution in [2.75, 3.05) is 91.6 Å². The maximum atomic E-state index is 11.7. The molecule has 0 spiro atoms. The average molecular weight is 415 g/mol. The Labute approximate surface area is 180 Å². The van der Waals surface area contributed by atoms with E-state index in [0.717, 1.165) is 65.4 Å². The second-order valence-electron chi connectivity index (χ2n) is 7.59. The molecule has 2 fully saturated rings. The Morgan fingerprint density at radius 2 is 1.00 bits per heavy atom. The van der Waals surface area contributed by atoms with Crippen molar-refractivity contribution < 1.29 is 9.59 Å². The van der Waals surface area contributed by atoms with Gasteiger partial charge in [-0.3, -0.25) is 29.2 Å². The first-order valence-electron chi connectivity index (χ1n) is 10.6. The van der Waals surface area contributed by atoms with Crippen LogP contribution in [0.25, 0.3) is 0 Å². The molecule has 2 rings (SSSR count). The standard InChI is InChI=1S/C22H34N6O2/c1-3-7-23-21(29)19-27-15-11-25(12-16-27)9-5-6-10-26-13-17-28(18-14-26)20-22(30)24-8-4-2/h1-2,5-6H,7-20H2,(H,23,29)(H,24,30)/b6-5+. The summed E-state index contributed by atoms with van der Waals surface area (Å²) in [6.45, 7) is 10.7. The van der Waals surface area contributed by atoms with Crippen LogP contribution < -0.4 is 10.6 Å². The highest BCUT2D eigenvalue weighted by atomic mass is 16.2. The Bertz CT molecular complexity index is 594. The monoisotopic (exact) mass is 414 g/mol. The van der Waals surface area contributed by atoms with Gasteiger partial charge in [-0.15, -0.1) is 12.8 Å². The number of hydrogen-bond acceptors (Lipinski definition) is 6. The van der Waals surface area contributed by atoms with E-state index in [1.807, 2.05) is 0 Å². The van der Waals surface area contributed by atoms with E-state index in [2.05, 4.69) is 54.2 Å². The van der Waals surface area contributed by atoms with Gasteiger partial charge in [0, 0.05) is 65.4 Å². The topological polar surface area (TPSA) is 71.2 Å². The van der Waals surface area contributed by atoms with Crippen molar-refractivity contribution >= 4 is 11.8 Å². The summed E-state index contributed by atoms with van der Waals surface area (Å²) in [5.74, 6) is 4.82. The number of nitrogens with zero attached hydrogens (tertiary/aromatic N) is 4. The molecule has 2 N–H and O–H groups in total. The van der Waals surface area contributed by atoms with Crippen LogP contribution in [0.5, 0.6) is 0 Å². The van der Waals surface area contributed by atoms with Crippen LogP contribution in [0.15, 0.2) is 12.2 Å². The lowest BCUT2D eigenvalue weighted by Gasteiger charge is -2.34. The van der Waals surface area contributed by atoms with Gasteiger partial charge in [-0.05, 0) is 0 Å². The van der Waals surface area contributed by atoms with E-state index < -0.39 is 0 Å². The molecular weight excluding hydrogens is 380 g/mol. The zero-order valence-electron chi connectivity index (χ0n) is 17.8. The Morgan fingerprint density at radius 1 is 0.667 bits per heavy atom. The van der Waals surface area contributed by atoms with Crippen molar-refractivity contribution in [1.82, 2.24) is 30.2 Å². The number of amides is 2. The molecule has 8 nitrogen and oxygen atoms in total. The highest BCUT2D eigenvalue weighted by Crippen LogP contribution is 2.03.